The molecule has 0 atom stereocenters. The number of aromatic nitrogens is 2. The van der Waals surface area contributed by atoms with Crippen LogP contribution >= 0.6 is 0 Å². The Kier molecular flexibility index (Phi) is 4.68. The van der Waals surface area contributed by atoms with E-state index in [2.05, 4.69) is 14.4 Å². The number of nitrogens with zero attached hydrogens (tertiary/aromatic N) is 2. The van der Waals surface area contributed by atoms with Crippen molar-refractivity contribution >= 4 is 21.8 Å². The van der Waals surface area contributed by atoms with E-state index in [1.807, 2.05) is 0 Å². The number of methoxy groups -OCH3 is 1. The first-order valence-electron chi connectivity index (χ1n) is 5.18. The van der Waals surface area contributed by atoms with Crippen LogP contribution in [0.25, 0.3) is 0 Å². The highest BCUT2D eigenvalue weighted by Crippen LogP contribution is 2.11. The number of carbonyl (C=O) groups is 1. The summed E-state index contributed by atoms with van der Waals surface area (Å²) in [7, 11) is -1.93. The Morgan fingerprint density at radius 1 is 1.61 bits per heavy atom. The summed E-state index contributed by atoms with van der Waals surface area (Å²) >= 11 is 0. The van der Waals surface area contributed by atoms with Gasteiger partial charge in [0.15, 0.2) is 5.69 Å². The quantitative estimate of drug-likeness (QED) is 0.518. The molecule has 0 fully saturated rings. The van der Waals surface area contributed by atoms with E-state index in [1.165, 1.54) is 13.4 Å². The van der Waals surface area contributed by atoms with Crippen molar-refractivity contribution in [2.45, 2.75) is 13.0 Å². The van der Waals surface area contributed by atoms with E-state index in [-0.39, 0.29) is 11.5 Å². The monoisotopic (exact) mass is 276 g/mol. The third kappa shape index (κ3) is 4.00. The van der Waals surface area contributed by atoms with Crippen LogP contribution in [0, 0.1) is 0 Å². The first-order valence-corrected chi connectivity index (χ1v) is 7.08. The normalized spacial score (nSPS) is 11.4. The van der Waals surface area contributed by atoms with Crippen molar-refractivity contribution < 1.29 is 17.9 Å². The maximum Gasteiger partial charge on any atom is 0.360 e. The summed E-state index contributed by atoms with van der Waals surface area (Å²) in [5, 5.41) is 0. The summed E-state index contributed by atoms with van der Waals surface area (Å²) in [6.45, 7) is 0.752. The lowest BCUT2D eigenvalue weighted by Gasteiger charge is -2.05. The number of nitrogens with two attached hydrogens (primary N) is 1. The van der Waals surface area contributed by atoms with E-state index in [9.17, 15) is 13.2 Å². The highest BCUT2D eigenvalue weighted by molar-refractivity contribution is 7.88. The largest absolute Gasteiger partial charge is 0.464 e. The zero-order valence-corrected chi connectivity index (χ0v) is 11.0. The smallest absolute Gasteiger partial charge is 0.360 e. The molecule has 1 heterocycles. The van der Waals surface area contributed by atoms with E-state index >= 15 is 0 Å². The van der Waals surface area contributed by atoms with Gasteiger partial charge in [0.05, 0.1) is 19.7 Å². The van der Waals surface area contributed by atoms with Crippen molar-refractivity contribution in [1.29, 1.82) is 0 Å². The number of carbonyl (C=O) groups excluding carboxylic acids is 1. The number of nitrogen functional groups attached to an aromatic ring is 1. The van der Waals surface area contributed by atoms with Gasteiger partial charge in [0.2, 0.25) is 10.0 Å². The molecule has 102 valence electrons. The molecule has 0 saturated heterocycles. The van der Waals surface area contributed by atoms with Crippen molar-refractivity contribution in [3.63, 3.8) is 0 Å². The van der Waals surface area contributed by atoms with Crippen LogP contribution in [0.15, 0.2) is 6.33 Å². The number of imidazole rings is 1. The van der Waals surface area contributed by atoms with Gasteiger partial charge in [-0.3, -0.25) is 0 Å². The number of nitrogens with one attached hydrogen (secondary N) is 1. The van der Waals surface area contributed by atoms with Crippen molar-refractivity contribution in [1.82, 2.24) is 14.3 Å². The highest BCUT2D eigenvalue weighted by atomic mass is 32.2. The lowest BCUT2D eigenvalue weighted by molar-refractivity contribution is 0.0596. The van der Waals surface area contributed by atoms with Gasteiger partial charge in [-0.2, -0.15) is 0 Å². The predicted molar refractivity (Wildman–Crippen MR) is 65.4 cm³/mol. The number of aryl methyl sites for hydroxylation is 1. The number of ether oxygens (including phenoxy) is 1. The summed E-state index contributed by atoms with van der Waals surface area (Å²) in [5.74, 6) is -0.387. The molecule has 0 radical (unpaired) electrons. The lowest BCUT2D eigenvalue weighted by Crippen LogP contribution is -2.24. The van der Waals surface area contributed by atoms with Crippen LogP contribution < -0.4 is 10.5 Å². The fraction of sp³-hybridized carbons (Fsp3) is 0.556. The maximum atomic E-state index is 11.2. The Bertz CT molecular complexity index is 523. The van der Waals surface area contributed by atoms with Gasteiger partial charge in [-0.25, -0.2) is 22.9 Å². The van der Waals surface area contributed by atoms with Crippen molar-refractivity contribution in [3.8, 4) is 0 Å². The second-order valence-corrected chi connectivity index (χ2v) is 5.52. The first-order chi connectivity index (χ1) is 8.35. The standard InChI is InChI=1S/C9H16N4O4S/c1-17-9(14)7-8(10)13(6-11-7)5-3-4-12-18(2,15)16/h6,12H,3-5,10H2,1-2H3. The summed E-state index contributed by atoms with van der Waals surface area (Å²) in [6.07, 6.45) is 3.05. The minimum atomic E-state index is -3.18. The van der Waals surface area contributed by atoms with Crippen molar-refractivity contribution in [2.24, 2.45) is 0 Å². The van der Waals surface area contributed by atoms with Crippen LogP contribution in [0.2, 0.25) is 0 Å². The van der Waals surface area contributed by atoms with Crippen LogP contribution in [0.1, 0.15) is 16.9 Å². The Morgan fingerprint density at radius 3 is 2.83 bits per heavy atom. The molecule has 9 heteroatoms. The van der Waals surface area contributed by atoms with Crippen molar-refractivity contribution in [2.75, 3.05) is 25.6 Å². The Labute approximate surface area is 105 Å². The Balaban J connectivity index is 2.54. The van der Waals surface area contributed by atoms with Crippen LogP contribution in [0.3, 0.4) is 0 Å². The van der Waals surface area contributed by atoms with Gasteiger partial charge >= 0.3 is 5.97 Å². The predicted octanol–water partition coefficient (Wildman–Crippen LogP) is -0.809. The molecule has 0 spiro atoms. The van der Waals surface area contributed by atoms with Gasteiger partial charge in [-0.15, -0.1) is 0 Å². The van der Waals surface area contributed by atoms with Gasteiger partial charge in [0.25, 0.3) is 0 Å². The molecule has 0 aliphatic heterocycles. The second-order valence-electron chi connectivity index (χ2n) is 3.68. The molecule has 1 rings (SSSR count). The molecule has 0 unspecified atom stereocenters. The van der Waals surface area contributed by atoms with Gasteiger partial charge in [0.1, 0.15) is 5.82 Å². The molecular formula is C9H16N4O4S. The van der Waals surface area contributed by atoms with Crippen LogP contribution in [-0.4, -0.2) is 43.8 Å². The van der Waals surface area contributed by atoms with E-state index < -0.39 is 16.0 Å². The Morgan fingerprint density at radius 2 is 2.28 bits per heavy atom. The third-order valence-corrected chi connectivity index (χ3v) is 2.93. The zero-order valence-electron chi connectivity index (χ0n) is 10.2. The molecule has 3 N–H and O–H groups in total. The molecule has 0 aromatic carbocycles. The van der Waals surface area contributed by atoms with E-state index in [4.69, 9.17) is 5.73 Å². The molecule has 0 amide bonds. The molecule has 8 nitrogen and oxygen atoms in total. The molecule has 0 bridgehead atoms. The van der Waals surface area contributed by atoms with E-state index in [0.29, 0.717) is 19.5 Å². The molecule has 0 aliphatic rings. The highest BCUT2D eigenvalue weighted by Gasteiger charge is 2.15. The van der Waals surface area contributed by atoms with Crippen LogP contribution in [0.4, 0.5) is 5.82 Å². The minimum Gasteiger partial charge on any atom is -0.464 e. The maximum absolute atomic E-state index is 11.2. The molecule has 1 aromatic heterocycles. The number of hydrogen-bond acceptors (Lipinski definition) is 6. The number of rotatable bonds is 6. The molecule has 0 aliphatic carbocycles. The summed E-state index contributed by atoms with van der Waals surface area (Å²) < 4.78 is 30.1. The topological polar surface area (TPSA) is 116 Å². The van der Waals surface area contributed by atoms with Crippen molar-refractivity contribution in [3.05, 3.63) is 12.0 Å². The SMILES string of the molecule is COC(=O)c1ncn(CCCNS(C)(=O)=O)c1N. The van der Waals surface area contributed by atoms with E-state index in [0.717, 1.165) is 6.26 Å². The average Bonchev–Trinajstić information content (AvgIpc) is 2.64. The number of sulfonamides is 1. The Hall–Kier alpha value is -1.61. The molecule has 18 heavy (non-hydrogen) atoms. The molecular weight excluding hydrogens is 260 g/mol. The first kappa shape index (κ1) is 14.5. The third-order valence-electron chi connectivity index (χ3n) is 2.20. The van der Waals surface area contributed by atoms with Gasteiger partial charge < -0.3 is 15.0 Å². The summed E-state index contributed by atoms with van der Waals surface area (Å²) in [6, 6.07) is 0. The summed E-state index contributed by atoms with van der Waals surface area (Å²) in [4.78, 5) is 15.1. The number of hydrogen-bond donors (Lipinski definition) is 2. The molecule has 1 aromatic rings. The zero-order chi connectivity index (χ0) is 13.8. The fourth-order valence-electron chi connectivity index (χ4n) is 1.33. The second kappa shape index (κ2) is 5.83. The fourth-order valence-corrected chi connectivity index (χ4v) is 1.85. The van der Waals surface area contributed by atoms with Crippen LogP contribution in [-0.2, 0) is 21.3 Å². The van der Waals surface area contributed by atoms with E-state index in [1.54, 1.807) is 4.57 Å². The van der Waals surface area contributed by atoms with Gasteiger partial charge in [0, 0.05) is 13.1 Å². The summed E-state index contributed by atoms with van der Waals surface area (Å²) in [5.41, 5.74) is 5.77. The average molecular weight is 276 g/mol. The van der Waals surface area contributed by atoms with Crippen LogP contribution in [0.5, 0.6) is 0 Å². The molecule has 0 saturated carbocycles. The number of anilines is 1. The lowest BCUT2D eigenvalue weighted by atomic mass is 10.4. The van der Waals surface area contributed by atoms with Gasteiger partial charge in [-0.05, 0) is 6.42 Å². The number of esters is 1. The van der Waals surface area contributed by atoms with Gasteiger partial charge in [-0.1, -0.05) is 0 Å². The minimum absolute atomic E-state index is 0.0635.